The molecule has 4 N–H and O–H groups in total. The third-order valence-electron chi connectivity index (χ3n) is 2.33. The second-order valence-electron chi connectivity index (χ2n) is 3.83. The lowest BCUT2D eigenvalue weighted by Crippen LogP contribution is -2.30. The lowest BCUT2D eigenvalue weighted by molar-refractivity contribution is -0.122. The fourth-order valence-corrected chi connectivity index (χ4v) is 1.28. The maximum Gasteiger partial charge on any atom is 0.223 e. The van der Waals surface area contributed by atoms with Crippen LogP contribution in [-0.2, 0) is 4.79 Å². The van der Waals surface area contributed by atoms with Crippen molar-refractivity contribution in [3.63, 3.8) is 0 Å². The molecule has 1 aromatic rings. The second-order valence-corrected chi connectivity index (χ2v) is 3.83. The van der Waals surface area contributed by atoms with Gasteiger partial charge in [-0.1, -0.05) is 0 Å². The molecule has 0 radical (unpaired) electrons. The van der Waals surface area contributed by atoms with E-state index in [2.05, 4.69) is 20.6 Å². The number of nitrogens with two attached hydrogens (primary N) is 1. The highest BCUT2D eigenvalue weighted by atomic mass is 16.2. The molecular weight excluding hydrogens is 206 g/mol. The number of amides is 1. The van der Waals surface area contributed by atoms with Gasteiger partial charge in [-0.2, -0.15) is 0 Å². The average Bonchev–Trinajstić information content (AvgIpc) is 3.10. The molecule has 1 heterocycles. The summed E-state index contributed by atoms with van der Waals surface area (Å²) in [7, 11) is 0. The Hall–Kier alpha value is -1.85. The maximum absolute atomic E-state index is 11.3. The van der Waals surface area contributed by atoms with Crippen LogP contribution in [0.1, 0.15) is 12.8 Å². The predicted molar refractivity (Wildman–Crippen MR) is 60.7 cm³/mol. The van der Waals surface area contributed by atoms with Gasteiger partial charge >= 0.3 is 0 Å². The van der Waals surface area contributed by atoms with Crippen LogP contribution in [0, 0.1) is 5.92 Å². The molecule has 86 valence electrons. The lowest BCUT2D eigenvalue weighted by atomic mass is 10.4. The molecule has 1 aromatic heterocycles. The van der Waals surface area contributed by atoms with Gasteiger partial charge in [-0.15, -0.1) is 0 Å². The summed E-state index contributed by atoms with van der Waals surface area (Å²) in [5.74, 6) is 0.933. The number of nitrogen functional groups attached to an aromatic ring is 1. The van der Waals surface area contributed by atoms with Crippen molar-refractivity contribution >= 4 is 17.5 Å². The number of carbonyl (C=O) groups is 1. The van der Waals surface area contributed by atoms with Crippen molar-refractivity contribution in [2.75, 3.05) is 24.1 Å². The van der Waals surface area contributed by atoms with Gasteiger partial charge in [0.05, 0.1) is 18.1 Å². The fraction of sp³-hybridized carbons (Fsp3) is 0.500. The first-order valence-corrected chi connectivity index (χ1v) is 5.35. The molecule has 2 rings (SSSR count). The molecule has 0 unspecified atom stereocenters. The summed E-state index contributed by atoms with van der Waals surface area (Å²) in [5.41, 5.74) is 5.99. The van der Waals surface area contributed by atoms with Crippen molar-refractivity contribution in [3.05, 3.63) is 12.4 Å². The monoisotopic (exact) mass is 221 g/mol. The van der Waals surface area contributed by atoms with Crippen molar-refractivity contribution < 1.29 is 4.79 Å². The van der Waals surface area contributed by atoms with Crippen molar-refractivity contribution in [2.45, 2.75) is 12.8 Å². The molecule has 1 amide bonds. The Labute approximate surface area is 93.7 Å². The predicted octanol–water partition coefficient (Wildman–Crippen LogP) is -0.00310. The SMILES string of the molecule is Nc1cnc(NCCNC(=O)C2CC2)nc1. The molecule has 1 aliphatic rings. The van der Waals surface area contributed by atoms with Gasteiger partial charge in [0.1, 0.15) is 0 Å². The van der Waals surface area contributed by atoms with E-state index in [0.717, 1.165) is 12.8 Å². The second kappa shape index (κ2) is 4.78. The Bertz CT molecular complexity index is 360. The molecule has 1 fully saturated rings. The van der Waals surface area contributed by atoms with Gasteiger partial charge in [-0.05, 0) is 12.8 Å². The Kier molecular flexibility index (Phi) is 3.19. The molecule has 0 bridgehead atoms. The molecule has 0 aromatic carbocycles. The summed E-state index contributed by atoms with van der Waals surface area (Å²) in [6, 6.07) is 0. The van der Waals surface area contributed by atoms with E-state index in [4.69, 9.17) is 5.73 Å². The summed E-state index contributed by atoms with van der Waals surface area (Å²) in [5, 5.41) is 5.84. The average molecular weight is 221 g/mol. The summed E-state index contributed by atoms with van der Waals surface area (Å²) >= 11 is 0. The van der Waals surface area contributed by atoms with Gasteiger partial charge < -0.3 is 16.4 Å². The zero-order valence-electron chi connectivity index (χ0n) is 8.94. The summed E-state index contributed by atoms with van der Waals surface area (Å²) < 4.78 is 0. The topological polar surface area (TPSA) is 92.9 Å². The van der Waals surface area contributed by atoms with Gasteiger partial charge in [0.15, 0.2) is 0 Å². The van der Waals surface area contributed by atoms with Crippen LogP contribution in [0.25, 0.3) is 0 Å². The smallest absolute Gasteiger partial charge is 0.223 e. The van der Waals surface area contributed by atoms with Gasteiger partial charge in [0.2, 0.25) is 11.9 Å². The number of aromatic nitrogens is 2. The number of hydrogen-bond donors (Lipinski definition) is 3. The van der Waals surface area contributed by atoms with Crippen LogP contribution in [0.2, 0.25) is 0 Å². The third-order valence-corrected chi connectivity index (χ3v) is 2.33. The zero-order chi connectivity index (χ0) is 11.4. The van der Waals surface area contributed by atoms with E-state index in [-0.39, 0.29) is 11.8 Å². The molecule has 0 aliphatic heterocycles. The molecule has 1 aliphatic carbocycles. The molecule has 16 heavy (non-hydrogen) atoms. The first kappa shape index (κ1) is 10.7. The maximum atomic E-state index is 11.3. The summed E-state index contributed by atoms with van der Waals surface area (Å²) in [6.07, 6.45) is 5.14. The van der Waals surface area contributed by atoms with Gasteiger partial charge in [-0.3, -0.25) is 4.79 Å². The van der Waals surface area contributed by atoms with E-state index < -0.39 is 0 Å². The van der Waals surface area contributed by atoms with Crippen molar-refractivity contribution in [1.82, 2.24) is 15.3 Å². The Morgan fingerprint density at radius 2 is 2.06 bits per heavy atom. The molecular formula is C10H15N5O. The van der Waals surface area contributed by atoms with Crippen LogP contribution in [0.3, 0.4) is 0 Å². The minimum absolute atomic E-state index is 0.153. The summed E-state index contributed by atoms with van der Waals surface area (Å²) in [6.45, 7) is 1.20. The lowest BCUT2D eigenvalue weighted by Gasteiger charge is -2.05. The normalized spacial score (nSPS) is 14.5. The van der Waals surface area contributed by atoms with E-state index in [1.54, 1.807) is 0 Å². The Morgan fingerprint density at radius 1 is 1.38 bits per heavy atom. The van der Waals surface area contributed by atoms with Gasteiger partial charge in [0.25, 0.3) is 0 Å². The number of nitrogens with zero attached hydrogens (tertiary/aromatic N) is 2. The third kappa shape index (κ3) is 3.08. The molecule has 1 saturated carbocycles. The van der Waals surface area contributed by atoms with Crippen molar-refractivity contribution in [2.24, 2.45) is 5.92 Å². The van der Waals surface area contributed by atoms with Crippen molar-refractivity contribution in [1.29, 1.82) is 0 Å². The number of nitrogens with one attached hydrogen (secondary N) is 2. The van der Waals surface area contributed by atoms with E-state index >= 15 is 0 Å². The van der Waals surface area contributed by atoms with Crippen molar-refractivity contribution in [3.8, 4) is 0 Å². The fourth-order valence-electron chi connectivity index (χ4n) is 1.28. The van der Waals surface area contributed by atoms with Crippen LogP contribution in [0.5, 0.6) is 0 Å². The van der Waals surface area contributed by atoms with Crippen LogP contribution < -0.4 is 16.4 Å². The van der Waals surface area contributed by atoms with E-state index in [1.165, 1.54) is 12.4 Å². The first-order chi connectivity index (χ1) is 7.75. The minimum atomic E-state index is 0.153. The standard InChI is InChI=1S/C10H15N5O/c11-8-5-14-10(15-6-8)13-4-3-12-9(16)7-1-2-7/h5-7H,1-4,11H2,(H,12,16)(H,13,14,15). The largest absolute Gasteiger partial charge is 0.396 e. The van der Waals surface area contributed by atoms with E-state index in [9.17, 15) is 4.79 Å². The highest BCUT2D eigenvalue weighted by molar-refractivity contribution is 5.80. The van der Waals surface area contributed by atoms with E-state index in [1.807, 2.05) is 0 Å². The van der Waals surface area contributed by atoms with Gasteiger partial charge in [0, 0.05) is 19.0 Å². The van der Waals surface area contributed by atoms with Crippen LogP contribution in [0.15, 0.2) is 12.4 Å². The number of carbonyl (C=O) groups excluding carboxylic acids is 1. The van der Waals surface area contributed by atoms with Gasteiger partial charge in [-0.25, -0.2) is 9.97 Å². The number of anilines is 2. The summed E-state index contributed by atoms with van der Waals surface area (Å²) in [4.78, 5) is 19.2. The number of hydrogen-bond acceptors (Lipinski definition) is 5. The highest BCUT2D eigenvalue weighted by Gasteiger charge is 2.28. The molecule has 6 heteroatoms. The zero-order valence-corrected chi connectivity index (χ0v) is 8.94. The number of rotatable bonds is 5. The van der Waals surface area contributed by atoms with Crippen LogP contribution in [0.4, 0.5) is 11.6 Å². The first-order valence-electron chi connectivity index (χ1n) is 5.35. The van der Waals surface area contributed by atoms with E-state index in [0.29, 0.717) is 24.7 Å². The highest BCUT2D eigenvalue weighted by Crippen LogP contribution is 2.28. The molecule has 0 atom stereocenters. The quantitative estimate of drug-likeness (QED) is 0.608. The minimum Gasteiger partial charge on any atom is -0.396 e. The van der Waals surface area contributed by atoms with Crippen LogP contribution >= 0.6 is 0 Å². The molecule has 6 nitrogen and oxygen atoms in total. The Morgan fingerprint density at radius 3 is 2.69 bits per heavy atom. The van der Waals surface area contributed by atoms with Crippen LogP contribution in [-0.4, -0.2) is 29.0 Å². The Balaban J connectivity index is 1.63. The molecule has 0 saturated heterocycles. The molecule has 0 spiro atoms.